The highest BCUT2D eigenvalue weighted by Crippen LogP contribution is 2.16. The normalized spacial score (nSPS) is 10.7. The molecular formula is C16H25NO2. The summed E-state index contributed by atoms with van der Waals surface area (Å²) in [6.07, 6.45) is 4.97. The van der Waals surface area contributed by atoms with Gasteiger partial charge in [-0.15, -0.1) is 0 Å². The molecule has 0 unspecified atom stereocenters. The van der Waals surface area contributed by atoms with Crippen molar-refractivity contribution in [2.75, 3.05) is 6.54 Å². The molecule has 0 aliphatic rings. The van der Waals surface area contributed by atoms with E-state index in [4.69, 9.17) is 10.5 Å². The molecule has 0 amide bonds. The van der Waals surface area contributed by atoms with Crippen molar-refractivity contribution in [3.8, 4) is 5.75 Å². The number of hydrogen-bond donors (Lipinski definition) is 1. The Labute approximate surface area is 116 Å². The van der Waals surface area contributed by atoms with Crippen molar-refractivity contribution >= 4 is 5.78 Å². The highest BCUT2D eigenvalue weighted by atomic mass is 16.5. The lowest BCUT2D eigenvalue weighted by Crippen LogP contribution is -2.06. The average Bonchev–Trinajstić information content (AvgIpc) is 2.38. The molecule has 0 atom stereocenters. The molecule has 0 aromatic heterocycles. The first-order valence-corrected chi connectivity index (χ1v) is 7.13. The van der Waals surface area contributed by atoms with E-state index in [2.05, 4.69) is 0 Å². The van der Waals surface area contributed by atoms with E-state index in [9.17, 15) is 4.79 Å². The van der Waals surface area contributed by atoms with Crippen molar-refractivity contribution in [3.63, 3.8) is 0 Å². The second-order valence-electron chi connectivity index (χ2n) is 5.07. The molecule has 19 heavy (non-hydrogen) atoms. The van der Waals surface area contributed by atoms with E-state index in [1.165, 1.54) is 0 Å². The van der Waals surface area contributed by atoms with E-state index in [1.807, 2.05) is 38.1 Å². The minimum atomic E-state index is 0.157. The second kappa shape index (κ2) is 8.70. The molecule has 3 nitrogen and oxygen atoms in total. The summed E-state index contributed by atoms with van der Waals surface area (Å²) in [4.78, 5) is 11.9. The van der Waals surface area contributed by atoms with E-state index in [0.717, 1.165) is 43.5 Å². The SMILES string of the molecule is CC(C)Oc1ccc(C(=O)CCCCCCN)cc1. The zero-order valence-electron chi connectivity index (χ0n) is 12.0. The van der Waals surface area contributed by atoms with Crippen molar-refractivity contribution in [1.82, 2.24) is 0 Å². The average molecular weight is 263 g/mol. The van der Waals surface area contributed by atoms with Crippen LogP contribution in [-0.2, 0) is 0 Å². The van der Waals surface area contributed by atoms with Crippen LogP contribution < -0.4 is 10.5 Å². The number of carbonyl (C=O) groups excluding carboxylic acids is 1. The van der Waals surface area contributed by atoms with Gasteiger partial charge in [0.25, 0.3) is 0 Å². The summed E-state index contributed by atoms with van der Waals surface area (Å²) in [5.74, 6) is 1.03. The Morgan fingerprint density at radius 3 is 2.32 bits per heavy atom. The molecule has 1 rings (SSSR count). The van der Waals surface area contributed by atoms with Gasteiger partial charge in [0.05, 0.1) is 6.10 Å². The summed E-state index contributed by atoms with van der Waals surface area (Å²) in [7, 11) is 0. The van der Waals surface area contributed by atoms with Crippen LogP contribution >= 0.6 is 0 Å². The number of benzene rings is 1. The Balaban J connectivity index is 2.36. The summed E-state index contributed by atoms with van der Waals surface area (Å²) < 4.78 is 5.55. The van der Waals surface area contributed by atoms with Crippen LogP contribution in [0.5, 0.6) is 5.75 Å². The van der Waals surface area contributed by atoms with E-state index in [-0.39, 0.29) is 11.9 Å². The predicted octanol–water partition coefficient (Wildman–Crippen LogP) is 3.57. The number of unbranched alkanes of at least 4 members (excludes halogenated alkanes) is 3. The monoisotopic (exact) mass is 263 g/mol. The van der Waals surface area contributed by atoms with Crippen molar-refractivity contribution in [3.05, 3.63) is 29.8 Å². The Morgan fingerprint density at radius 2 is 1.74 bits per heavy atom. The van der Waals surface area contributed by atoms with Crippen LogP contribution in [0.15, 0.2) is 24.3 Å². The van der Waals surface area contributed by atoms with Crippen LogP contribution in [0.3, 0.4) is 0 Å². The molecule has 0 spiro atoms. The van der Waals surface area contributed by atoms with Crippen LogP contribution in [0.4, 0.5) is 0 Å². The van der Waals surface area contributed by atoms with Crippen molar-refractivity contribution in [2.45, 2.75) is 52.1 Å². The van der Waals surface area contributed by atoms with Crippen LogP contribution in [0.1, 0.15) is 56.3 Å². The smallest absolute Gasteiger partial charge is 0.162 e. The highest BCUT2D eigenvalue weighted by molar-refractivity contribution is 5.96. The van der Waals surface area contributed by atoms with Crippen LogP contribution in [-0.4, -0.2) is 18.4 Å². The number of hydrogen-bond acceptors (Lipinski definition) is 3. The topological polar surface area (TPSA) is 52.3 Å². The zero-order valence-corrected chi connectivity index (χ0v) is 12.0. The van der Waals surface area contributed by atoms with Gasteiger partial charge in [-0.3, -0.25) is 4.79 Å². The maximum atomic E-state index is 11.9. The number of ether oxygens (including phenoxy) is 1. The Kier molecular flexibility index (Phi) is 7.19. The van der Waals surface area contributed by atoms with Crippen LogP contribution in [0.2, 0.25) is 0 Å². The van der Waals surface area contributed by atoms with Gasteiger partial charge < -0.3 is 10.5 Å². The first-order chi connectivity index (χ1) is 9.13. The van der Waals surface area contributed by atoms with Gasteiger partial charge in [0, 0.05) is 12.0 Å². The summed E-state index contributed by atoms with van der Waals surface area (Å²) >= 11 is 0. The van der Waals surface area contributed by atoms with E-state index < -0.39 is 0 Å². The fourth-order valence-electron chi connectivity index (χ4n) is 1.92. The number of ketones is 1. The molecule has 0 aliphatic carbocycles. The van der Waals surface area contributed by atoms with Crippen LogP contribution in [0, 0.1) is 0 Å². The number of nitrogens with two attached hydrogens (primary N) is 1. The fourth-order valence-corrected chi connectivity index (χ4v) is 1.92. The van der Waals surface area contributed by atoms with E-state index in [0.29, 0.717) is 6.42 Å². The van der Waals surface area contributed by atoms with Gasteiger partial charge in [0.2, 0.25) is 0 Å². The van der Waals surface area contributed by atoms with E-state index >= 15 is 0 Å². The van der Waals surface area contributed by atoms with Gasteiger partial charge in [-0.05, 0) is 57.5 Å². The third-order valence-electron chi connectivity index (χ3n) is 2.91. The summed E-state index contributed by atoms with van der Waals surface area (Å²) in [6, 6.07) is 7.42. The molecule has 0 bridgehead atoms. The van der Waals surface area contributed by atoms with Gasteiger partial charge in [-0.2, -0.15) is 0 Å². The first-order valence-electron chi connectivity index (χ1n) is 7.13. The second-order valence-corrected chi connectivity index (χ2v) is 5.07. The molecule has 0 fully saturated rings. The molecule has 2 N–H and O–H groups in total. The predicted molar refractivity (Wildman–Crippen MR) is 78.7 cm³/mol. The lowest BCUT2D eigenvalue weighted by Gasteiger charge is -2.09. The molecule has 0 radical (unpaired) electrons. The Morgan fingerprint density at radius 1 is 1.11 bits per heavy atom. The maximum Gasteiger partial charge on any atom is 0.162 e. The minimum absolute atomic E-state index is 0.157. The summed E-state index contributed by atoms with van der Waals surface area (Å²) in [5, 5.41) is 0. The standard InChI is InChI=1S/C16H25NO2/c1-13(2)19-15-10-8-14(9-11-15)16(18)7-5-3-4-6-12-17/h8-11,13H,3-7,12,17H2,1-2H3. The quantitative estimate of drug-likeness (QED) is 0.547. The lowest BCUT2D eigenvalue weighted by atomic mass is 10.0. The van der Waals surface area contributed by atoms with Gasteiger partial charge in [-0.25, -0.2) is 0 Å². The first kappa shape index (κ1) is 15.7. The molecule has 0 saturated heterocycles. The number of rotatable bonds is 9. The Hall–Kier alpha value is -1.35. The number of carbonyl (C=O) groups is 1. The van der Waals surface area contributed by atoms with Crippen molar-refractivity contribution in [1.29, 1.82) is 0 Å². The van der Waals surface area contributed by atoms with Crippen LogP contribution in [0.25, 0.3) is 0 Å². The molecule has 106 valence electrons. The van der Waals surface area contributed by atoms with Crippen molar-refractivity contribution < 1.29 is 9.53 Å². The fraction of sp³-hybridized carbons (Fsp3) is 0.562. The maximum absolute atomic E-state index is 11.9. The Bertz CT molecular complexity index is 371. The van der Waals surface area contributed by atoms with Gasteiger partial charge in [0.1, 0.15) is 5.75 Å². The molecule has 0 saturated carbocycles. The molecule has 0 heterocycles. The lowest BCUT2D eigenvalue weighted by molar-refractivity contribution is 0.0979. The molecule has 0 aliphatic heterocycles. The molecule has 3 heteroatoms. The summed E-state index contributed by atoms with van der Waals surface area (Å²) in [6.45, 7) is 4.71. The summed E-state index contributed by atoms with van der Waals surface area (Å²) in [5.41, 5.74) is 6.20. The van der Waals surface area contributed by atoms with Gasteiger partial charge in [-0.1, -0.05) is 12.8 Å². The van der Waals surface area contributed by atoms with Crippen molar-refractivity contribution in [2.24, 2.45) is 5.73 Å². The van der Waals surface area contributed by atoms with Gasteiger partial charge in [0.15, 0.2) is 5.78 Å². The molecular weight excluding hydrogens is 238 g/mol. The van der Waals surface area contributed by atoms with Gasteiger partial charge >= 0.3 is 0 Å². The largest absolute Gasteiger partial charge is 0.491 e. The highest BCUT2D eigenvalue weighted by Gasteiger charge is 2.06. The third kappa shape index (κ3) is 6.39. The third-order valence-corrected chi connectivity index (χ3v) is 2.91. The molecule has 1 aromatic carbocycles. The zero-order chi connectivity index (χ0) is 14.1. The minimum Gasteiger partial charge on any atom is -0.491 e. The van der Waals surface area contributed by atoms with E-state index in [1.54, 1.807) is 0 Å². The molecule has 1 aromatic rings. The number of Topliss-reactive ketones (excluding diaryl/α,β-unsaturated/α-hetero) is 1.